The molecule has 8 heteroatoms. The number of amides is 1. The summed E-state index contributed by atoms with van der Waals surface area (Å²) in [6, 6.07) is 4.90. The van der Waals surface area contributed by atoms with E-state index in [0.29, 0.717) is 25.4 Å². The summed E-state index contributed by atoms with van der Waals surface area (Å²) >= 11 is 0. The molecule has 1 amide bonds. The zero-order chi connectivity index (χ0) is 15.5. The minimum absolute atomic E-state index is 0.145. The molecule has 0 bridgehead atoms. The van der Waals surface area contributed by atoms with Crippen LogP contribution in [-0.2, 0) is 10.9 Å². The van der Waals surface area contributed by atoms with Crippen molar-refractivity contribution in [3.63, 3.8) is 0 Å². The maximum Gasteiger partial charge on any atom is 0.416 e. The van der Waals surface area contributed by atoms with E-state index in [0.717, 1.165) is 12.1 Å². The van der Waals surface area contributed by atoms with Crippen molar-refractivity contribution in [1.82, 2.24) is 5.32 Å². The van der Waals surface area contributed by atoms with Gasteiger partial charge in [0.05, 0.1) is 18.3 Å². The van der Waals surface area contributed by atoms with Gasteiger partial charge in [0.1, 0.15) is 0 Å². The van der Waals surface area contributed by atoms with Gasteiger partial charge in [-0.3, -0.25) is 0 Å². The Labute approximate surface area is 119 Å². The van der Waals surface area contributed by atoms with Gasteiger partial charge in [-0.05, 0) is 24.3 Å². The van der Waals surface area contributed by atoms with E-state index < -0.39 is 17.8 Å². The normalized spacial score (nSPS) is 19.4. The molecule has 5 nitrogen and oxygen atoms in total. The van der Waals surface area contributed by atoms with E-state index in [1.54, 1.807) is 0 Å². The molecule has 1 unspecified atom stereocenters. The van der Waals surface area contributed by atoms with Crippen LogP contribution < -0.4 is 10.2 Å². The van der Waals surface area contributed by atoms with Crippen LogP contribution in [0.15, 0.2) is 24.3 Å². The predicted octanol–water partition coefficient (Wildman–Crippen LogP) is 2.18. The lowest BCUT2D eigenvalue weighted by molar-refractivity contribution is -0.137. The Hall–Kier alpha value is -1.96. The number of hydrogen-bond acceptors (Lipinski definition) is 3. The van der Waals surface area contributed by atoms with Gasteiger partial charge in [-0.25, -0.2) is 4.79 Å². The van der Waals surface area contributed by atoms with E-state index in [2.05, 4.69) is 5.32 Å². The smallest absolute Gasteiger partial charge is 0.416 e. The lowest BCUT2D eigenvalue weighted by atomic mass is 10.1. The number of carbonyl (C=O) groups is 1. The SMILES string of the molecule is O=C(O)NCC1CN(c2ccc(C(F)(F)F)cc2)CCO1. The molecule has 0 aliphatic carbocycles. The molecule has 1 atom stereocenters. The number of alkyl halides is 3. The molecule has 0 spiro atoms. The van der Waals surface area contributed by atoms with Gasteiger partial charge in [0.2, 0.25) is 0 Å². The number of ether oxygens (including phenoxy) is 1. The molecular weight excluding hydrogens is 289 g/mol. The highest BCUT2D eigenvalue weighted by molar-refractivity contribution is 5.64. The average molecular weight is 304 g/mol. The molecule has 21 heavy (non-hydrogen) atoms. The fourth-order valence-corrected chi connectivity index (χ4v) is 2.14. The van der Waals surface area contributed by atoms with Crippen LogP contribution in [0.25, 0.3) is 0 Å². The number of halogens is 3. The number of nitrogens with zero attached hydrogens (tertiary/aromatic N) is 1. The number of carboxylic acid groups (broad SMARTS) is 1. The molecule has 1 aromatic carbocycles. The van der Waals surface area contributed by atoms with Gasteiger partial charge in [-0.2, -0.15) is 13.2 Å². The maximum absolute atomic E-state index is 12.5. The summed E-state index contributed by atoms with van der Waals surface area (Å²) in [5.74, 6) is 0. The second kappa shape index (κ2) is 6.21. The Balaban J connectivity index is 1.99. The van der Waals surface area contributed by atoms with E-state index in [1.807, 2.05) is 4.90 Å². The van der Waals surface area contributed by atoms with Gasteiger partial charge in [-0.1, -0.05) is 0 Å². The first-order valence-electron chi connectivity index (χ1n) is 6.37. The monoisotopic (exact) mass is 304 g/mol. The Morgan fingerprint density at radius 2 is 2.05 bits per heavy atom. The topological polar surface area (TPSA) is 61.8 Å². The highest BCUT2D eigenvalue weighted by Crippen LogP contribution is 2.30. The number of anilines is 1. The predicted molar refractivity (Wildman–Crippen MR) is 69.4 cm³/mol. The van der Waals surface area contributed by atoms with Crippen molar-refractivity contribution in [2.75, 3.05) is 31.1 Å². The van der Waals surface area contributed by atoms with Crippen LogP contribution in [0.2, 0.25) is 0 Å². The Morgan fingerprint density at radius 1 is 1.38 bits per heavy atom. The third-order valence-corrected chi connectivity index (χ3v) is 3.18. The summed E-state index contributed by atoms with van der Waals surface area (Å²) in [6.07, 6.45) is -5.81. The number of benzene rings is 1. The molecule has 1 aliphatic heterocycles. The van der Waals surface area contributed by atoms with Crippen molar-refractivity contribution in [3.8, 4) is 0 Å². The largest absolute Gasteiger partial charge is 0.465 e. The Kier molecular flexibility index (Phi) is 4.56. The summed E-state index contributed by atoms with van der Waals surface area (Å²) in [4.78, 5) is 12.3. The third-order valence-electron chi connectivity index (χ3n) is 3.18. The van der Waals surface area contributed by atoms with Crippen LogP contribution in [0.3, 0.4) is 0 Å². The molecular formula is C13H15F3N2O3. The Morgan fingerprint density at radius 3 is 2.62 bits per heavy atom. The van der Waals surface area contributed by atoms with Gasteiger partial charge >= 0.3 is 12.3 Å². The van der Waals surface area contributed by atoms with Crippen molar-refractivity contribution in [3.05, 3.63) is 29.8 Å². The summed E-state index contributed by atoms with van der Waals surface area (Å²) in [5.41, 5.74) is -0.0322. The van der Waals surface area contributed by atoms with Crippen LogP contribution >= 0.6 is 0 Å². The van der Waals surface area contributed by atoms with E-state index in [1.165, 1.54) is 12.1 Å². The van der Waals surface area contributed by atoms with Gasteiger partial charge in [0, 0.05) is 25.3 Å². The van der Waals surface area contributed by atoms with Crippen LogP contribution in [-0.4, -0.2) is 43.5 Å². The molecule has 1 fully saturated rings. The van der Waals surface area contributed by atoms with Crippen molar-refractivity contribution in [2.24, 2.45) is 0 Å². The Bertz CT molecular complexity index is 490. The number of hydrogen-bond donors (Lipinski definition) is 2. The first-order chi connectivity index (χ1) is 9.86. The fourth-order valence-electron chi connectivity index (χ4n) is 2.14. The zero-order valence-corrected chi connectivity index (χ0v) is 11.1. The number of morpholine rings is 1. The lowest BCUT2D eigenvalue weighted by Crippen LogP contribution is -2.47. The molecule has 1 saturated heterocycles. The van der Waals surface area contributed by atoms with Crippen LogP contribution in [0.1, 0.15) is 5.56 Å². The number of rotatable bonds is 3. The van der Waals surface area contributed by atoms with Crippen LogP contribution in [0.5, 0.6) is 0 Å². The lowest BCUT2D eigenvalue weighted by Gasteiger charge is -2.34. The first kappa shape index (κ1) is 15.4. The molecule has 0 saturated carbocycles. The second-order valence-corrected chi connectivity index (χ2v) is 4.67. The third kappa shape index (κ3) is 4.25. The minimum Gasteiger partial charge on any atom is -0.465 e. The fraction of sp³-hybridized carbons (Fsp3) is 0.462. The summed E-state index contributed by atoms with van der Waals surface area (Å²) in [7, 11) is 0. The average Bonchev–Trinajstić information content (AvgIpc) is 2.45. The van der Waals surface area contributed by atoms with Gasteiger partial charge < -0.3 is 20.1 Å². The highest BCUT2D eigenvalue weighted by Gasteiger charge is 2.30. The summed E-state index contributed by atoms with van der Waals surface area (Å²) < 4.78 is 42.9. The number of nitrogens with one attached hydrogen (secondary N) is 1. The van der Waals surface area contributed by atoms with E-state index >= 15 is 0 Å². The minimum atomic E-state index is -4.35. The van der Waals surface area contributed by atoms with Crippen molar-refractivity contribution in [2.45, 2.75) is 12.3 Å². The van der Waals surface area contributed by atoms with E-state index in [-0.39, 0.29) is 12.6 Å². The second-order valence-electron chi connectivity index (χ2n) is 4.67. The molecule has 1 aliphatic rings. The zero-order valence-electron chi connectivity index (χ0n) is 11.1. The molecule has 2 rings (SSSR count). The van der Waals surface area contributed by atoms with E-state index in [9.17, 15) is 18.0 Å². The van der Waals surface area contributed by atoms with Crippen LogP contribution in [0, 0.1) is 0 Å². The molecule has 1 aromatic rings. The van der Waals surface area contributed by atoms with Crippen molar-refractivity contribution >= 4 is 11.8 Å². The van der Waals surface area contributed by atoms with Crippen LogP contribution in [0.4, 0.5) is 23.7 Å². The summed E-state index contributed by atoms with van der Waals surface area (Å²) in [5, 5.41) is 10.8. The first-order valence-corrected chi connectivity index (χ1v) is 6.37. The highest BCUT2D eigenvalue weighted by atomic mass is 19.4. The standard InChI is InChI=1S/C13H15F3N2O3/c14-13(15,16)9-1-3-10(4-2-9)18-5-6-21-11(8-18)7-17-12(19)20/h1-4,11,17H,5-8H2,(H,19,20). The summed E-state index contributed by atoms with van der Waals surface area (Å²) in [6.45, 7) is 1.51. The van der Waals surface area contributed by atoms with Gasteiger partial charge in [0.15, 0.2) is 0 Å². The van der Waals surface area contributed by atoms with Gasteiger partial charge in [0.25, 0.3) is 0 Å². The van der Waals surface area contributed by atoms with Crippen molar-refractivity contribution in [1.29, 1.82) is 0 Å². The maximum atomic E-state index is 12.5. The van der Waals surface area contributed by atoms with E-state index in [4.69, 9.17) is 9.84 Å². The molecule has 2 N–H and O–H groups in total. The molecule has 0 aromatic heterocycles. The molecule has 1 heterocycles. The molecule has 116 valence electrons. The van der Waals surface area contributed by atoms with Gasteiger partial charge in [-0.15, -0.1) is 0 Å². The van der Waals surface area contributed by atoms with Crippen molar-refractivity contribution < 1.29 is 27.8 Å². The molecule has 0 radical (unpaired) electrons. The quantitative estimate of drug-likeness (QED) is 0.898.